The monoisotopic (exact) mass is 259 g/mol. The lowest BCUT2D eigenvalue weighted by Crippen LogP contribution is -1.92. The van der Waals surface area contributed by atoms with Crippen LogP contribution in [0.2, 0.25) is 0 Å². The van der Waals surface area contributed by atoms with Gasteiger partial charge in [-0.25, -0.2) is 0 Å². The third kappa shape index (κ3) is 2.60. The molecule has 3 aromatic carbocycles. The lowest BCUT2D eigenvalue weighted by Gasteiger charge is -2.09. The van der Waals surface area contributed by atoms with Crippen LogP contribution in [0.4, 0.5) is 0 Å². The van der Waals surface area contributed by atoms with E-state index in [2.05, 4.69) is 74.5 Å². The lowest BCUT2D eigenvalue weighted by atomic mass is 9.96. The molecule has 0 saturated carbocycles. The second-order valence-corrected chi connectivity index (χ2v) is 5.62. The maximum atomic E-state index is 3.30. The standard InChI is InChI=1S/C20H19/c1-15(2)17-12-10-16(11-13-17)14-19-8-5-7-18-6-3-4-9-20(18)19/h3-6,8-13,15H,14H2,1-2H3. The van der Waals surface area contributed by atoms with Gasteiger partial charge in [0.15, 0.2) is 0 Å². The molecule has 0 aliphatic heterocycles. The van der Waals surface area contributed by atoms with Crippen molar-refractivity contribution in [3.63, 3.8) is 0 Å². The van der Waals surface area contributed by atoms with E-state index in [1.807, 2.05) is 6.07 Å². The van der Waals surface area contributed by atoms with Crippen molar-refractivity contribution in [1.82, 2.24) is 0 Å². The molecule has 99 valence electrons. The van der Waals surface area contributed by atoms with Crippen LogP contribution in [-0.4, -0.2) is 0 Å². The van der Waals surface area contributed by atoms with E-state index in [9.17, 15) is 0 Å². The van der Waals surface area contributed by atoms with Gasteiger partial charge in [0.2, 0.25) is 0 Å². The molecule has 0 saturated heterocycles. The van der Waals surface area contributed by atoms with Gasteiger partial charge in [0, 0.05) is 0 Å². The maximum Gasteiger partial charge on any atom is -0.00196 e. The summed E-state index contributed by atoms with van der Waals surface area (Å²) in [6, 6.07) is 25.0. The minimum absolute atomic E-state index is 0.594. The van der Waals surface area contributed by atoms with Gasteiger partial charge >= 0.3 is 0 Å². The molecule has 3 aromatic rings. The average Bonchev–Trinajstić information content (AvgIpc) is 2.48. The Hall–Kier alpha value is -2.08. The number of rotatable bonds is 3. The van der Waals surface area contributed by atoms with Gasteiger partial charge in [0.1, 0.15) is 0 Å². The molecular formula is C20H19. The molecule has 1 radical (unpaired) electrons. The second kappa shape index (κ2) is 5.50. The fourth-order valence-electron chi connectivity index (χ4n) is 2.61. The van der Waals surface area contributed by atoms with Gasteiger partial charge in [-0.1, -0.05) is 74.5 Å². The topological polar surface area (TPSA) is 0 Å². The van der Waals surface area contributed by atoms with Crippen molar-refractivity contribution in [3.05, 3.63) is 83.4 Å². The highest BCUT2D eigenvalue weighted by Gasteiger charge is 2.03. The summed E-state index contributed by atoms with van der Waals surface area (Å²) < 4.78 is 0. The molecule has 20 heavy (non-hydrogen) atoms. The van der Waals surface area contributed by atoms with E-state index in [-0.39, 0.29) is 0 Å². The Morgan fingerprint density at radius 2 is 1.65 bits per heavy atom. The summed E-state index contributed by atoms with van der Waals surface area (Å²) in [5.74, 6) is 0.594. The molecule has 0 atom stereocenters. The van der Waals surface area contributed by atoms with E-state index in [0.717, 1.165) is 6.42 Å². The zero-order valence-electron chi connectivity index (χ0n) is 12.1. The first-order valence-corrected chi connectivity index (χ1v) is 7.21. The van der Waals surface area contributed by atoms with E-state index >= 15 is 0 Å². The molecule has 0 bridgehead atoms. The first-order chi connectivity index (χ1) is 9.74. The molecule has 0 aliphatic rings. The molecule has 0 nitrogen and oxygen atoms in total. The van der Waals surface area contributed by atoms with Gasteiger partial charge in [0.25, 0.3) is 0 Å². The number of hydrogen-bond acceptors (Lipinski definition) is 0. The smallest absolute Gasteiger partial charge is 0.00196 e. The van der Waals surface area contributed by atoms with Crippen LogP contribution in [0.1, 0.15) is 36.5 Å². The Morgan fingerprint density at radius 1 is 0.900 bits per heavy atom. The maximum absolute atomic E-state index is 3.30. The van der Waals surface area contributed by atoms with Crippen LogP contribution >= 0.6 is 0 Å². The summed E-state index contributed by atoms with van der Waals surface area (Å²) in [7, 11) is 0. The van der Waals surface area contributed by atoms with E-state index in [1.54, 1.807) is 0 Å². The van der Waals surface area contributed by atoms with Crippen LogP contribution in [0.5, 0.6) is 0 Å². The minimum Gasteiger partial charge on any atom is -0.0616 e. The average molecular weight is 259 g/mol. The van der Waals surface area contributed by atoms with Crippen LogP contribution in [-0.2, 0) is 6.42 Å². The quantitative estimate of drug-likeness (QED) is 0.594. The molecule has 0 spiro atoms. The van der Waals surface area contributed by atoms with Crippen molar-refractivity contribution < 1.29 is 0 Å². The van der Waals surface area contributed by atoms with Crippen molar-refractivity contribution in [2.24, 2.45) is 0 Å². The first kappa shape index (κ1) is 12.9. The minimum atomic E-state index is 0.594. The third-order valence-corrected chi connectivity index (χ3v) is 3.84. The highest BCUT2D eigenvalue weighted by Crippen LogP contribution is 2.22. The van der Waals surface area contributed by atoms with Gasteiger partial charge in [-0.05, 0) is 45.9 Å². The summed E-state index contributed by atoms with van der Waals surface area (Å²) in [5, 5.41) is 2.51. The van der Waals surface area contributed by atoms with Crippen LogP contribution in [0.15, 0.2) is 60.7 Å². The summed E-state index contributed by atoms with van der Waals surface area (Å²) >= 11 is 0. The summed E-state index contributed by atoms with van der Waals surface area (Å²) in [6.07, 6.45) is 0.980. The van der Waals surface area contributed by atoms with Gasteiger partial charge in [-0.15, -0.1) is 0 Å². The van der Waals surface area contributed by atoms with Crippen molar-refractivity contribution in [1.29, 1.82) is 0 Å². The molecule has 0 N–H and O–H groups in total. The molecule has 0 heterocycles. The van der Waals surface area contributed by atoms with Crippen LogP contribution in [0, 0.1) is 6.07 Å². The van der Waals surface area contributed by atoms with Crippen LogP contribution in [0.25, 0.3) is 10.8 Å². The van der Waals surface area contributed by atoms with Gasteiger partial charge < -0.3 is 0 Å². The zero-order valence-corrected chi connectivity index (χ0v) is 12.1. The van der Waals surface area contributed by atoms with Gasteiger partial charge in [-0.3, -0.25) is 0 Å². The first-order valence-electron chi connectivity index (χ1n) is 7.21. The summed E-state index contributed by atoms with van der Waals surface area (Å²) in [6.45, 7) is 4.46. The molecule has 0 aromatic heterocycles. The van der Waals surface area contributed by atoms with Crippen molar-refractivity contribution >= 4 is 10.8 Å². The van der Waals surface area contributed by atoms with Crippen molar-refractivity contribution in [2.75, 3.05) is 0 Å². The Balaban J connectivity index is 1.93. The van der Waals surface area contributed by atoms with E-state index in [0.29, 0.717) is 5.92 Å². The van der Waals surface area contributed by atoms with E-state index < -0.39 is 0 Å². The largest absolute Gasteiger partial charge is 0.0616 e. The van der Waals surface area contributed by atoms with Gasteiger partial charge in [0.05, 0.1) is 0 Å². The number of hydrogen-bond donors (Lipinski definition) is 0. The Labute approximate surface area is 121 Å². The molecule has 0 heteroatoms. The number of fused-ring (bicyclic) bond motifs is 1. The van der Waals surface area contributed by atoms with Crippen LogP contribution < -0.4 is 0 Å². The Kier molecular flexibility index (Phi) is 3.56. The highest BCUT2D eigenvalue weighted by atomic mass is 14.1. The molecule has 0 aliphatic carbocycles. The fraction of sp³-hybridized carbons (Fsp3) is 0.200. The van der Waals surface area contributed by atoms with Gasteiger partial charge in [-0.2, -0.15) is 0 Å². The predicted molar refractivity (Wildman–Crippen MR) is 86.1 cm³/mol. The zero-order chi connectivity index (χ0) is 13.9. The predicted octanol–water partition coefficient (Wildman–Crippen LogP) is 5.35. The molecule has 0 amide bonds. The fourth-order valence-corrected chi connectivity index (χ4v) is 2.61. The van der Waals surface area contributed by atoms with Crippen LogP contribution in [0.3, 0.4) is 0 Å². The Morgan fingerprint density at radius 3 is 2.40 bits per heavy atom. The molecule has 0 unspecified atom stereocenters. The summed E-state index contributed by atoms with van der Waals surface area (Å²) in [4.78, 5) is 0. The summed E-state index contributed by atoms with van der Waals surface area (Å²) in [5.41, 5.74) is 4.14. The highest BCUT2D eigenvalue weighted by molar-refractivity contribution is 5.85. The molecular weight excluding hydrogens is 240 g/mol. The Bertz CT molecular complexity index is 700. The number of benzene rings is 3. The second-order valence-electron chi connectivity index (χ2n) is 5.62. The SMILES string of the molecule is CC(C)c1ccc(Cc2cc[c]c3ccccc23)cc1. The normalized spacial score (nSPS) is 11.2. The molecule has 0 fully saturated rings. The molecule has 3 rings (SSSR count). The van der Waals surface area contributed by atoms with Crippen molar-refractivity contribution in [2.45, 2.75) is 26.2 Å². The van der Waals surface area contributed by atoms with Crippen molar-refractivity contribution in [3.8, 4) is 0 Å². The van der Waals surface area contributed by atoms with E-state index in [1.165, 1.54) is 27.5 Å². The third-order valence-electron chi connectivity index (χ3n) is 3.84. The lowest BCUT2D eigenvalue weighted by molar-refractivity contribution is 0.865. The van der Waals surface area contributed by atoms with E-state index in [4.69, 9.17) is 0 Å².